The maximum absolute atomic E-state index is 13.9. The van der Waals surface area contributed by atoms with Crippen molar-refractivity contribution >= 4 is 6.03 Å². The molecule has 0 bridgehead atoms. The molecule has 2 fully saturated rings. The summed E-state index contributed by atoms with van der Waals surface area (Å²) in [5, 5.41) is 4.13. The zero-order valence-corrected chi connectivity index (χ0v) is 14.5. The minimum absolute atomic E-state index is 0.0440. The van der Waals surface area contributed by atoms with Gasteiger partial charge in [0, 0.05) is 43.4 Å². The molecule has 0 saturated carbocycles. The van der Waals surface area contributed by atoms with Gasteiger partial charge in [0.15, 0.2) is 0 Å². The molecule has 1 amide bonds. The second-order valence-corrected chi connectivity index (χ2v) is 7.47. The van der Waals surface area contributed by atoms with Crippen molar-refractivity contribution in [2.24, 2.45) is 5.41 Å². The van der Waals surface area contributed by atoms with Gasteiger partial charge < -0.3 is 4.90 Å². The first-order chi connectivity index (χ1) is 12.0. The van der Waals surface area contributed by atoms with E-state index in [2.05, 4.69) is 10.00 Å². The Hall–Kier alpha value is -2.21. The SMILES string of the molecule is Cc1cnn(C(=O)N2CCC3(CCN(Cc4ccccc4F)C3)C2)c1. The van der Waals surface area contributed by atoms with Gasteiger partial charge in [0.1, 0.15) is 5.82 Å². The number of hydrogen-bond acceptors (Lipinski definition) is 3. The van der Waals surface area contributed by atoms with Crippen LogP contribution in [0.1, 0.15) is 24.0 Å². The Balaban J connectivity index is 1.40. The van der Waals surface area contributed by atoms with E-state index in [1.165, 1.54) is 10.7 Å². The molecular weight excluding hydrogens is 319 g/mol. The number of hydrogen-bond donors (Lipinski definition) is 0. The first kappa shape index (κ1) is 16.3. The van der Waals surface area contributed by atoms with Crippen LogP contribution in [0.15, 0.2) is 36.7 Å². The van der Waals surface area contributed by atoms with Crippen molar-refractivity contribution < 1.29 is 9.18 Å². The van der Waals surface area contributed by atoms with Crippen LogP contribution in [0.5, 0.6) is 0 Å². The standard InChI is InChI=1S/C19H23FN4O/c1-15-10-21-24(11-15)18(25)23-9-7-19(14-23)6-8-22(13-19)12-16-4-2-3-5-17(16)20/h2-5,10-11H,6-9,12-14H2,1H3. The number of likely N-dealkylation sites (tertiary alicyclic amines) is 2. The van der Waals surface area contributed by atoms with E-state index in [0.29, 0.717) is 6.54 Å². The average molecular weight is 342 g/mol. The molecule has 1 unspecified atom stereocenters. The number of amides is 1. The lowest BCUT2D eigenvalue weighted by Crippen LogP contribution is -2.36. The molecule has 1 spiro atoms. The highest BCUT2D eigenvalue weighted by Gasteiger charge is 2.45. The quantitative estimate of drug-likeness (QED) is 0.843. The molecule has 0 N–H and O–H groups in total. The van der Waals surface area contributed by atoms with Gasteiger partial charge in [0.05, 0.1) is 6.20 Å². The summed E-state index contributed by atoms with van der Waals surface area (Å²) >= 11 is 0. The van der Waals surface area contributed by atoms with E-state index in [4.69, 9.17) is 0 Å². The van der Waals surface area contributed by atoms with Crippen LogP contribution in [0.25, 0.3) is 0 Å². The van der Waals surface area contributed by atoms with Crippen molar-refractivity contribution in [3.8, 4) is 0 Å². The number of aromatic nitrogens is 2. The average Bonchev–Trinajstić information content (AvgIpc) is 3.31. The normalized spacial score (nSPS) is 23.7. The number of benzene rings is 1. The van der Waals surface area contributed by atoms with Gasteiger partial charge in [-0.05, 0) is 37.9 Å². The molecule has 2 aromatic rings. The Labute approximate surface area is 147 Å². The maximum Gasteiger partial charge on any atom is 0.344 e. The predicted octanol–water partition coefficient (Wildman–Crippen LogP) is 2.90. The van der Waals surface area contributed by atoms with Crippen molar-refractivity contribution in [1.82, 2.24) is 19.6 Å². The third-order valence-corrected chi connectivity index (χ3v) is 5.49. The van der Waals surface area contributed by atoms with Crippen molar-refractivity contribution in [3.63, 3.8) is 0 Å². The predicted molar refractivity (Wildman–Crippen MR) is 92.7 cm³/mol. The molecule has 1 aromatic heterocycles. The van der Waals surface area contributed by atoms with Crippen molar-refractivity contribution in [3.05, 3.63) is 53.6 Å². The molecule has 132 valence electrons. The lowest BCUT2D eigenvalue weighted by molar-refractivity contribution is 0.196. The molecule has 1 aromatic carbocycles. The summed E-state index contributed by atoms with van der Waals surface area (Å²) in [5.74, 6) is -0.138. The molecule has 0 radical (unpaired) electrons. The minimum Gasteiger partial charge on any atom is -0.322 e. The van der Waals surface area contributed by atoms with Gasteiger partial charge in [-0.2, -0.15) is 9.78 Å². The fraction of sp³-hybridized carbons (Fsp3) is 0.474. The van der Waals surface area contributed by atoms with Gasteiger partial charge in [-0.3, -0.25) is 4.90 Å². The van der Waals surface area contributed by atoms with E-state index in [9.17, 15) is 9.18 Å². The van der Waals surface area contributed by atoms with Crippen LogP contribution >= 0.6 is 0 Å². The Morgan fingerprint density at radius 3 is 2.80 bits per heavy atom. The molecule has 0 aliphatic carbocycles. The van der Waals surface area contributed by atoms with Gasteiger partial charge >= 0.3 is 6.03 Å². The van der Waals surface area contributed by atoms with Crippen LogP contribution < -0.4 is 0 Å². The second-order valence-electron chi connectivity index (χ2n) is 7.47. The highest BCUT2D eigenvalue weighted by atomic mass is 19.1. The number of nitrogens with zero attached hydrogens (tertiary/aromatic N) is 4. The van der Waals surface area contributed by atoms with E-state index in [0.717, 1.165) is 50.1 Å². The molecule has 25 heavy (non-hydrogen) atoms. The summed E-state index contributed by atoms with van der Waals surface area (Å²) in [6, 6.07) is 6.93. The van der Waals surface area contributed by atoms with E-state index >= 15 is 0 Å². The van der Waals surface area contributed by atoms with Crippen LogP contribution in [0.3, 0.4) is 0 Å². The Kier molecular flexibility index (Phi) is 4.07. The topological polar surface area (TPSA) is 41.4 Å². The van der Waals surface area contributed by atoms with Crippen LogP contribution in [-0.2, 0) is 6.54 Å². The molecular formula is C19H23FN4O. The zero-order chi connectivity index (χ0) is 17.4. The lowest BCUT2D eigenvalue weighted by atomic mass is 9.86. The van der Waals surface area contributed by atoms with Gasteiger partial charge in [0.2, 0.25) is 0 Å². The van der Waals surface area contributed by atoms with Gasteiger partial charge in [0.25, 0.3) is 0 Å². The smallest absolute Gasteiger partial charge is 0.322 e. The molecule has 3 heterocycles. The Morgan fingerprint density at radius 2 is 2.04 bits per heavy atom. The second kappa shape index (κ2) is 6.26. The fourth-order valence-electron chi connectivity index (χ4n) is 4.12. The number of carbonyl (C=O) groups excluding carboxylic acids is 1. The largest absolute Gasteiger partial charge is 0.344 e. The Bertz CT molecular complexity index is 789. The van der Waals surface area contributed by atoms with Crippen molar-refractivity contribution in [2.75, 3.05) is 26.2 Å². The summed E-state index contributed by atoms with van der Waals surface area (Å²) in [6.45, 7) is 5.98. The molecule has 4 rings (SSSR count). The fourth-order valence-corrected chi connectivity index (χ4v) is 4.12. The summed E-state index contributed by atoms with van der Waals surface area (Å²) in [6.07, 6.45) is 5.54. The number of halogens is 1. The molecule has 5 nitrogen and oxygen atoms in total. The maximum atomic E-state index is 13.9. The van der Waals surface area contributed by atoms with Crippen LogP contribution in [0, 0.1) is 18.2 Å². The van der Waals surface area contributed by atoms with Crippen molar-refractivity contribution in [1.29, 1.82) is 0 Å². The molecule has 2 aliphatic rings. The number of rotatable bonds is 2. The summed E-state index contributed by atoms with van der Waals surface area (Å²) in [7, 11) is 0. The number of carbonyl (C=O) groups is 1. The van der Waals surface area contributed by atoms with Crippen molar-refractivity contribution in [2.45, 2.75) is 26.3 Å². The first-order valence-corrected chi connectivity index (χ1v) is 8.81. The van der Waals surface area contributed by atoms with E-state index in [1.54, 1.807) is 18.5 Å². The van der Waals surface area contributed by atoms with Crippen LogP contribution in [-0.4, -0.2) is 51.8 Å². The summed E-state index contributed by atoms with van der Waals surface area (Å²) < 4.78 is 15.3. The molecule has 1 atom stereocenters. The van der Waals surface area contributed by atoms with E-state index < -0.39 is 0 Å². The van der Waals surface area contributed by atoms with E-state index in [1.807, 2.05) is 24.0 Å². The van der Waals surface area contributed by atoms with Gasteiger partial charge in [-0.15, -0.1) is 0 Å². The third kappa shape index (κ3) is 3.18. The van der Waals surface area contributed by atoms with E-state index in [-0.39, 0.29) is 17.3 Å². The van der Waals surface area contributed by atoms with Gasteiger partial charge in [-0.25, -0.2) is 9.18 Å². The van der Waals surface area contributed by atoms with Crippen LogP contribution in [0.4, 0.5) is 9.18 Å². The number of aryl methyl sites for hydroxylation is 1. The van der Waals surface area contributed by atoms with Gasteiger partial charge in [-0.1, -0.05) is 18.2 Å². The zero-order valence-electron chi connectivity index (χ0n) is 14.5. The molecule has 2 aliphatic heterocycles. The highest BCUT2D eigenvalue weighted by Crippen LogP contribution is 2.40. The summed E-state index contributed by atoms with van der Waals surface area (Å²) in [4.78, 5) is 16.8. The monoisotopic (exact) mass is 342 g/mol. The molecule has 6 heteroatoms. The third-order valence-electron chi connectivity index (χ3n) is 5.49. The molecule has 2 saturated heterocycles. The first-order valence-electron chi connectivity index (χ1n) is 8.81. The minimum atomic E-state index is -0.138. The summed E-state index contributed by atoms with van der Waals surface area (Å²) in [5.41, 5.74) is 1.88. The van der Waals surface area contributed by atoms with Crippen LogP contribution in [0.2, 0.25) is 0 Å². The lowest BCUT2D eigenvalue weighted by Gasteiger charge is -2.24. The highest BCUT2D eigenvalue weighted by molar-refractivity contribution is 5.76. The Morgan fingerprint density at radius 1 is 1.24 bits per heavy atom.